The third kappa shape index (κ3) is 3.49. The summed E-state index contributed by atoms with van der Waals surface area (Å²) in [5.74, 6) is 0. The number of benzene rings is 1. The van der Waals surface area contributed by atoms with Crippen LogP contribution in [0.15, 0.2) is 24.3 Å². The van der Waals surface area contributed by atoms with E-state index in [1.54, 1.807) is 0 Å². The van der Waals surface area contributed by atoms with E-state index in [9.17, 15) is 4.79 Å². The molecule has 0 saturated carbocycles. The lowest BCUT2D eigenvalue weighted by atomic mass is 10.1. The van der Waals surface area contributed by atoms with Gasteiger partial charge in [-0.25, -0.2) is 4.79 Å². The highest BCUT2D eigenvalue weighted by molar-refractivity contribution is 5.67. The third-order valence-corrected chi connectivity index (χ3v) is 3.34. The van der Waals surface area contributed by atoms with Gasteiger partial charge in [-0.3, -0.25) is 0 Å². The topological polar surface area (TPSA) is 38.3 Å². The van der Waals surface area contributed by atoms with Crippen molar-refractivity contribution in [2.24, 2.45) is 0 Å². The molecule has 0 bridgehead atoms. The summed E-state index contributed by atoms with van der Waals surface area (Å²) in [6.45, 7) is 2.86. The predicted molar refractivity (Wildman–Crippen MR) is 71.6 cm³/mol. The Morgan fingerprint density at radius 2 is 1.94 bits per heavy atom. The van der Waals surface area contributed by atoms with Crippen LogP contribution < -0.4 is 5.32 Å². The van der Waals surface area contributed by atoms with Crippen LogP contribution in [0.5, 0.6) is 0 Å². The summed E-state index contributed by atoms with van der Waals surface area (Å²) in [6.07, 6.45) is 4.76. The van der Waals surface area contributed by atoms with Crippen molar-refractivity contribution in [3.8, 4) is 0 Å². The molecule has 1 aliphatic rings. The number of alkyl carbamates (subject to hydrolysis) is 1. The van der Waals surface area contributed by atoms with E-state index in [1.807, 2.05) is 12.1 Å². The van der Waals surface area contributed by atoms with Gasteiger partial charge >= 0.3 is 6.09 Å². The Morgan fingerprint density at radius 1 is 1.28 bits per heavy atom. The Hall–Kier alpha value is -1.51. The minimum absolute atomic E-state index is 0.00794. The summed E-state index contributed by atoms with van der Waals surface area (Å²) in [4.78, 5) is 11.6. The second kappa shape index (κ2) is 6.43. The van der Waals surface area contributed by atoms with E-state index in [2.05, 4.69) is 24.4 Å². The van der Waals surface area contributed by atoms with E-state index in [0.717, 1.165) is 32.1 Å². The number of hydrogen-bond acceptors (Lipinski definition) is 2. The van der Waals surface area contributed by atoms with Crippen LogP contribution in [-0.2, 0) is 17.6 Å². The molecule has 1 aliphatic carbocycles. The van der Waals surface area contributed by atoms with Crippen molar-refractivity contribution in [2.75, 3.05) is 6.54 Å². The predicted octanol–water partition coefficient (Wildman–Crippen LogP) is 3.07. The summed E-state index contributed by atoms with van der Waals surface area (Å²) in [5, 5.41) is 2.81. The van der Waals surface area contributed by atoms with Crippen molar-refractivity contribution in [2.45, 2.75) is 45.1 Å². The largest absolute Gasteiger partial charge is 0.446 e. The number of unbranched alkanes of at least 4 members (excludes halogenated alkanes) is 2. The molecule has 0 aromatic heterocycles. The average Bonchev–Trinajstić information content (AvgIpc) is 2.76. The fourth-order valence-corrected chi connectivity index (χ4v) is 2.36. The molecule has 3 nitrogen and oxygen atoms in total. The fourth-order valence-electron chi connectivity index (χ4n) is 2.36. The van der Waals surface area contributed by atoms with E-state index in [1.165, 1.54) is 11.1 Å². The monoisotopic (exact) mass is 247 g/mol. The fraction of sp³-hybridized carbons (Fsp3) is 0.533. The summed E-state index contributed by atoms with van der Waals surface area (Å²) < 4.78 is 5.42. The molecule has 1 aromatic rings. The molecule has 2 rings (SSSR count). The highest BCUT2D eigenvalue weighted by atomic mass is 16.6. The van der Waals surface area contributed by atoms with Gasteiger partial charge in [0.15, 0.2) is 0 Å². The van der Waals surface area contributed by atoms with E-state index >= 15 is 0 Å². The normalized spacial score (nSPS) is 14.3. The first-order chi connectivity index (χ1) is 8.79. The first-order valence-electron chi connectivity index (χ1n) is 6.81. The van der Waals surface area contributed by atoms with Crippen molar-refractivity contribution in [1.29, 1.82) is 0 Å². The summed E-state index contributed by atoms with van der Waals surface area (Å²) >= 11 is 0. The van der Waals surface area contributed by atoms with Gasteiger partial charge in [0.05, 0.1) is 0 Å². The van der Waals surface area contributed by atoms with Crippen molar-refractivity contribution in [3.63, 3.8) is 0 Å². The van der Waals surface area contributed by atoms with Crippen molar-refractivity contribution in [3.05, 3.63) is 35.4 Å². The quantitative estimate of drug-likeness (QED) is 0.812. The van der Waals surface area contributed by atoms with Crippen molar-refractivity contribution >= 4 is 6.09 Å². The standard InChI is InChI=1S/C15H21NO2/c1-2-3-6-9-16-15(17)18-14-10-12-7-4-5-8-13(12)11-14/h4-5,7-8,14H,2-3,6,9-11H2,1H3,(H,16,17). The summed E-state index contributed by atoms with van der Waals surface area (Å²) in [7, 11) is 0. The minimum atomic E-state index is -0.274. The molecule has 0 fully saturated rings. The number of carbonyl (C=O) groups is 1. The van der Waals surface area contributed by atoms with Gasteiger partial charge in [0.1, 0.15) is 6.10 Å². The van der Waals surface area contributed by atoms with Crippen LogP contribution in [0.3, 0.4) is 0 Å². The zero-order chi connectivity index (χ0) is 12.8. The van der Waals surface area contributed by atoms with Crippen LogP contribution in [-0.4, -0.2) is 18.7 Å². The lowest BCUT2D eigenvalue weighted by molar-refractivity contribution is 0.103. The minimum Gasteiger partial charge on any atom is -0.446 e. The molecule has 0 saturated heterocycles. The molecule has 0 atom stereocenters. The SMILES string of the molecule is CCCCCNC(=O)OC1Cc2ccccc2C1. The molecule has 1 aromatic carbocycles. The van der Waals surface area contributed by atoms with Crippen molar-refractivity contribution < 1.29 is 9.53 Å². The van der Waals surface area contributed by atoms with Crippen LogP contribution in [0.25, 0.3) is 0 Å². The Labute approximate surface area is 109 Å². The third-order valence-electron chi connectivity index (χ3n) is 3.34. The first-order valence-corrected chi connectivity index (χ1v) is 6.81. The lowest BCUT2D eigenvalue weighted by Gasteiger charge is -2.12. The lowest BCUT2D eigenvalue weighted by Crippen LogP contribution is -2.30. The Morgan fingerprint density at radius 3 is 2.56 bits per heavy atom. The smallest absolute Gasteiger partial charge is 0.407 e. The second-order valence-corrected chi connectivity index (χ2v) is 4.84. The zero-order valence-electron chi connectivity index (χ0n) is 10.9. The summed E-state index contributed by atoms with van der Waals surface area (Å²) in [5.41, 5.74) is 2.61. The van der Waals surface area contributed by atoms with Crippen LogP contribution in [0.1, 0.15) is 37.3 Å². The number of hydrogen-bond donors (Lipinski definition) is 1. The number of fused-ring (bicyclic) bond motifs is 1. The van der Waals surface area contributed by atoms with Gasteiger partial charge in [0.25, 0.3) is 0 Å². The van der Waals surface area contributed by atoms with E-state index < -0.39 is 0 Å². The molecule has 1 N–H and O–H groups in total. The Kier molecular flexibility index (Phi) is 4.62. The molecule has 0 aliphatic heterocycles. The van der Waals surface area contributed by atoms with Crippen molar-refractivity contribution in [1.82, 2.24) is 5.32 Å². The maximum absolute atomic E-state index is 11.6. The van der Waals surface area contributed by atoms with Crippen LogP contribution in [0.4, 0.5) is 4.79 Å². The van der Waals surface area contributed by atoms with Gasteiger partial charge in [-0.1, -0.05) is 44.0 Å². The highest BCUT2D eigenvalue weighted by Gasteiger charge is 2.23. The van der Waals surface area contributed by atoms with E-state index in [4.69, 9.17) is 4.74 Å². The van der Waals surface area contributed by atoms with Gasteiger partial charge in [-0.2, -0.15) is 0 Å². The number of rotatable bonds is 5. The molecule has 1 amide bonds. The number of nitrogens with one attached hydrogen (secondary N) is 1. The van der Waals surface area contributed by atoms with E-state index in [0.29, 0.717) is 6.54 Å². The maximum atomic E-state index is 11.6. The molecule has 98 valence electrons. The molecular weight excluding hydrogens is 226 g/mol. The van der Waals surface area contributed by atoms with Gasteiger partial charge in [0.2, 0.25) is 0 Å². The molecule has 18 heavy (non-hydrogen) atoms. The Bertz CT molecular complexity index is 378. The second-order valence-electron chi connectivity index (χ2n) is 4.84. The molecule has 3 heteroatoms. The van der Waals surface area contributed by atoms with Crippen LogP contribution in [0.2, 0.25) is 0 Å². The number of amides is 1. The molecule has 0 spiro atoms. The van der Waals surface area contributed by atoms with Gasteiger partial charge < -0.3 is 10.1 Å². The van der Waals surface area contributed by atoms with Gasteiger partial charge in [0, 0.05) is 19.4 Å². The first kappa shape index (κ1) is 12.9. The highest BCUT2D eigenvalue weighted by Crippen LogP contribution is 2.23. The molecule has 0 unspecified atom stereocenters. The maximum Gasteiger partial charge on any atom is 0.407 e. The van der Waals surface area contributed by atoms with E-state index in [-0.39, 0.29) is 12.2 Å². The van der Waals surface area contributed by atoms with Crippen LogP contribution in [0, 0.1) is 0 Å². The molecule has 0 heterocycles. The number of ether oxygens (including phenoxy) is 1. The number of carbonyl (C=O) groups excluding carboxylic acids is 1. The molecule has 0 radical (unpaired) electrons. The molecular formula is C15H21NO2. The average molecular weight is 247 g/mol. The van der Waals surface area contributed by atoms with Gasteiger partial charge in [-0.15, -0.1) is 0 Å². The Balaban J connectivity index is 1.71. The summed E-state index contributed by atoms with van der Waals surface area (Å²) in [6, 6.07) is 8.29. The van der Waals surface area contributed by atoms with Gasteiger partial charge in [-0.05, 0) is 17.5 Å². The zero-order valence-corrected chi connectivity index (χ0v) is 10.9. The van der Waals surface area contributed by atoms with Crippen LogP contribution >= 0.6 is 0 Å².